The maximum absolute atomic E-state index is 14.1. The summed E-state index contributed by atoms with van der Waals surface area (Å²) in [5.41, 5.74) is 7.16. The molecule has 5 heteroatoms. The summed E-state index contributed by atoms with van der Waals surface area (Å²) in [5, 5.41) is 0.488. The fourth-order valence-electron chi connectivity index (χ4n) is 2.57. The summed E-state index contributed by atoms with van der Waals surface area (Å²) < 4.78 is 16.1. The predicted molar refractivity (Wildman–Crippen MR) is 83.9 cm³/mol. The van der Waals surface area contributed by atoms with Crippen molar-refractivity contribution in [3.8, 4) is 11.3 Å². The Morgan fingerprint density at radius 2 is 2.19 bits per heavy atom. The zero-order chi connectivity index (χ0) is 15.0. The molecular formula is C16H19ClFN3. The predicted octanol–water partition coefficient (Wildman–Crippen LogP) is 4.60. The molecule has 0 radical (unpaired) electrons. The number of unbranched alkanes of at least 4 members (excludes halogenated alkanes) is 1. The Morgan fingerprint density at radius 3 is 2.86 bits per heavy atom. The lowest BCUT2D eigenvalue weighted by Crippen LogP contribution is -2.06. The standard InChI is InChI=1S/C16H19ClFN3/c1-2-3-8-21-15(19)14(20-16(21)10-4-5-10)12-9-11(17)6-7-13(12)18/h6-7,9-10H,2-5,8,19H2,1H3. The fraction of sp³-hybridized carbons (Fsp3) is 0.438. The molecule has 21 heavy (non-hydrogen) atoms. The first kappa shape index (κ1) is 14.4. The number of nitrogens with zero attached hydrogens (tertiary/aromatic N) is 2. The molecule has 1 aliphatic carbocycles. The summed E-state index contributed by atoms with van der Waals surface area (Å²) in [6.07, 6.45) is 4.40. The van der Waals surface area contributed by atoms with Gasteiger partial charge in [0.25, 0.3) is 0 Å². The van der Waals surface area contributed by atoms with E-state index in [0.717, 1.165) is 38.1 Å². The van der Waals surface area contributed by atoms with Crippen molar-refractivity contribution in [3.63, 3.8) is 0 Å². The number of hydrogen-bond donors (Lipinski definition) is 1. The van der Waals surface area contributed by atoms with E-state index in [2.05, 4.69) is 16.5 Å². The number of halogens is 2. The van der Waals surface area contributed by atoms with Crippen LogP contribution in [0.15, 0.2) is 18.2 Å². The Morgan fingerprint density at radius 1 is 1.43 bits per heavy atom. The van der Waals surface area contributed by atoms with Crippen LogP contribution < -0.4 is 5.73 Å². The third kappa shape index (κ3) is 2.77. The van der Waals surface area contributed by atoms with Gasteiger partial charge in [-0.2, -0.15) is 0 Å². The second-order valence-electron chi connectivity index (χ2n) is 5.61. The Hall–Kier alpha value is -1.55. The van der Waals surface area contributed by atoms with Crippen LogP contribution in [0.5, 0.6) is 0 Å². The van der Waals surface area contributed by atoms with Gasteiger partial charge in [-0.3, -0.25) is 0 Å². The highest BCUT2D eigenvalue weighted by molar-refractivity contribution is 6.30. The van der Waals surface area contributed by atoms with Crippen molar-refractivity contribution in [1.29, 1.82) is 0 Å². The van der Waals surface area contributed by atoms with Crippen molar-refractivity contribution in [1.82, 2.24) is 9.55 Å². The molecule has 112 valence electrons. The number of nitrogen functional groups attached to an aromatic ring is 1. The highest BCUT2D eigenvalue weighted by Gasteiger charge is 2.31. The Bertz CT molecular complexity index is 662. The first-order valence-corrected chi connectivity index (χ1v) is 7.81. The van der Waals surface area contributed by atoms with E-state index in [1.807, 2.05) is 0 Å². The second-order valence-corrected chi connectivity index (χ2v) is 6.04. The van der Waals surface area contributed by atoms with Crippen molar-refractivity contribution in [2.45, 2.75) is 45.1 Å². The molecule has 0 aliphatic heterocycles. The molecule has 0 saturated heterocycles. The van der Waals surface area contributed by atoms with Crippen LogP contribution in [-0.4, -0.2) is 9.55 Å². The molecule has 0 unspecified atom stereocenters. The number of imidazole rings is 1. The van der Waals surface area contributed by atoms with Crippen molar-refractivity contribution < 1.29 is 4.39 Å². The minimum Gasteiger partial charge on any atom is -0.383 e. The Balaban J connectivity index is 2.08. The molecule has 1 aliphatic rings. The molecule has 1 fully saturated rings. The van der Waals surface area contributed by atoms with Gasteiger partial charge in [0.2, 0.25) is 0 Å². The van der Waals surface area contributed by atoms with Crippen LogP contribution in [0.2, 0.25) is 5.02 Å². The van der Waals surface area contributed by atoms with E-state index >= 15 is 0 Å². The molecule has 1 saturated carbocycles. The summed E-state index contributed by atoms with van der Waals surface area (Å²) in [5.74, 6) is 1.68. The topological polar surface area (TPSA) is 43.8 Å². The van der Waals surface area contributed by atoms with E-state index in [0.29, 0.717) is 28.0 Å². The van der Waals surface area contributed by atoms with Gasteiger partial charge >= 0.3 is 0 Å². The number of rotatable bonds is 5. The van der Waals surface area contributed by atoms with Gasteiger partial charge in [-0.25, -0.2) is 9.37 Å². The lowest BCUT2D eigenvalue weighted by molar-refractivity contribution is 0.609. The smallest absolute Gasteiger partial charge is 0.132 e. The van der Waals surface area contributed by atoms with Gasteiger partial charge in [-0.15, -0.1) is 0 Å². The number of hydrogen-bond acceptors (Lipinski definition) is 2. The van der Waals surface area contributed by atoms with Crippen LogP contribution >= 0.6 is 11.6 Å². The Kier molecular flexibility index (Phi) is 3.89. The van der Waals surface area contributed by atoms with Gasteiger partial charge in [0, 0.05) is 23.0 Å². The maximum Gasteiger partial charge on any atom is 0.132 e. The van der Waals surface area contributed by atoms with Crippen LogP contribution in [0.3, 0.4) is 0 Å². The highest BCUT2D eigenvalue weighted by Crippen LogP contribution is 2.42. The number of aromatic nitrogens is 2. The number of nitrogens with two attached hydrogens (primary N) is 1. The third-order valence-electron chi connectivity index (χ3n) is 3.90. The Labute approximate surface area is 128 Å². The summed E-state index contributed by atoms with van der Waals surface area (Å²) in [4.78, 5) is 4.64. The molecule has 0 atom stereocenters. The van der Waals surface area contributed by atoms with Crippen LogP contribution in [-0.2, 0) is 6.54 Å². The average molecular weight is 308 g/mol. The molecule has 2 aromatic rings. The summed E-state index contributed by atoms with van der Waals surface area (Å²) in [7, 11) is 0. The number of benzene rings is 1. The minimum absolute atomic E-state index is 0.339. The highest BCUT2D eigenvalue weighted by atomic mass is 35.5. The molecule has 1 aromatic heterocycles. The normalized spacial score (nSPS) is 14.6. The lowest BCUT2D eigenvalue weighted by atomic mass is 10.1. The quantitative estimate of drug-likeness (QED) is 0.877. The van der Waals surface area contributed by atoms with Crippen LogP contribution in [0.25, 0.3) is 11.3 Å². The fourth-order valence-corrected chi connectivity index (χ4v) is 2.74. The second kappa shape index (κ2) is 5.68. The molecule has 2 N–H and O–H groups in total. The molecule has 3 nitrogen and oxygen atoms in total. The molecule has 0 spiro atoms. The monoisotopic (exact) mass is 307 g/mol. The van der Waals surface area contributed by atoms with Crippen LogP contribution in [0, 0.1) is 5.82 Å². The van der Waals surface area contributed by atoms with Crippen molar-refractivity contribution in [3.05, 3.63) is 34.9 Å². The zero-order valence-corrected chi connectivity index (χ0v) is 12.8. The zero-order valence-electron chi connectivity index (χ0n) is 12.1. The lowest BCUT2D eigenvalue weighted by Gasteiger charge is -2.08. The molecule has 1 aromatic carbocycles. The minimum atomic E-state index is -0.339. The molecule has 0 bridgehead atoms. The van der Waals surface area contributed by atoms with Gasteiger partial charge in [-0.05, 0) is 37.5 Å². The van der Waals surface area contributed by atoms with E-state index in [9.17, 15) is 4.39 Å². The van der Waals surface area contributed by atoms with E-state index < -0.39 is 0 Å². The molecular weight excluding hydrogens is 289 g/mol. The average Bonchev–Trinajstić information content (AvgIpc) is 3.25. The first-order chi connectivity index (χ1) is 10.1. The van der Waals surface area contributed by atoms with Gasteiger partial charge in [-0.1, -0.05) is 24.9 Å². The summed E-state index contributed by atoms with van der Waals surface area (Å²) in [6.45, 7) is 2.98. The van der Waals surface area contributed by atoms with Gasteiger partial charge in [0.05, 0.1) is 0 Å². The van der Waals surface area contributed by atoms with E-state index in [1.165, 1.54) is 12.1 Å². The molecule has 0 amide bonds. The van der Waals surface area contributed by atoms with Gasteiger partial charge in [0.1, 0.15) is 23.2 Å². The van der Waals surface area contributed by atoms with E-state index in [4.69, 9.17) is 17.3 Å². The number of anilines is 1. The largest absolute Gasteiger partial charge is 0.383 e. The van der Waals surface area contributed by atoms with Gasteiger partial charge in [0.15, 0.2) is 0 Å². The SMILES string of the molecule is CCCCn1c(C2CC2)nc(-c2cc(Cl)ccc2F)c1N. The van der Waals surface area contributed by atoms with Gasteiger partial charge < -0.3 is 10.3 Å². The van der Waals surface area contributed by atoms with E-state index in [-0.39, 0.29) is 5.82 Å². The first-order valence-electron chi connectivity index (χ1n) is 7.43. The van der Waals surface area contributed by atoms with Crippen molar-refractivity contribution in [2.24, 2.45) is 0 Å². The molecule has 3 rings (SSSR count). The maximum atomic E-state index is 14.1. The van der Waals surface area contributed by atoms with Crippen molar-refractivity contribution in [2.75, 3.05) is 5.73 Å². The summed E-state index contributed by atoms with van der Waals surface area (Å²) in [6, 6.07) is 4.49. The summed E-state index contributed by atoms with van der Waals surface area (Å²) >= 11 is 5.98. The van der Waals surface area contributed by atoms with Crippen LogP contribution in [0.4, 0.5) is 10.2 Å². The van der Waals surface area contributed by atoms with Crippen molar-refractivity contribution >= 4 is 17.4 Å². The molecule has 1 heterocycles. The van der Waals surface area contributed by atoms with Crippen LogP contribution in [0.1, 0.15) is 44.3 Å². The third-order valence-corrected chi connectivity index (χ3v) is 4.13. The van der Waals surface area contributed by atoms with E-state index in [1.54, 1.807) is 6.07 Å².